The van der Waals surface area contributed by atoms with Gasteiger partial charge in [0.1, 0.15) is 11.9 Å². The summed E-state index contributed by atoms with van der Waals surface area (Å²) in [6.07, 6.45) is 3.44. The first-order chi connectivity index (χ1) is 13.9. The highest BCUT2D eigenvalue weighted by Crippen LogP contribution is 2.32. The largest absolute Gasteiger partial charge is 0.363 e. The molecular formula is C25H22N2O. The molecule has 0 bridgehead atoms. The molecule has 3 aromatic carbocycles. The highest BCUT2D eigenvalue weighted by Gasteiger charge is 2.23. The average molecular weight is 366 g/mol. The fraction of sp³-hybridized carbons (Fsp3) is 0.0800. The van der Waals surface area contributed by atoms with Crippen molar-refractivity contribution in [2.45, 2.75) is 6.10 Å². The van der Waals surface area contributed by atoms with Crippen molar-refractivity contribution >= 4 is 0 Å². The molecule has 1 atom stereocenters. The van der Waals surface area contributed by atoms with E-state index in [4.69, 9.17) is 9.72 Å². The van der Waals surface area contributed by atoms with E-state index in [1.807, 2.05) is 60.8 Å². The predicted octanol–water partition coefficient (Wildman–Crippen LogP) is 5.83. The van der Waals surface area contributed by atoms with Crippen LogP contribution in [0.4, 0.5) is 0 Å². The van der Waals surface area contributed by atoms with Crippen molar-refractivity contribution in [1.29, 1.82) is 0 Å². The third-order valence-electron chi connectivity index (χ3n) is 4.59. The van der Waals surface area contributed by atoms with Gasteiger partial charge in [-0.1, -0.05) is 84.9 Å². The molecule has 0 radical (unpaired) electrons. The standard InChI is InChI=1S/C25H22N2O/c1-2-18-28-24(20-12-6-3-7-13-20)23-19-26-25(21-14-8-4-9-15-21)27(23)22-16-10-5-11-17-22/h2-17,19,24H,1,18H2. The van der Waals surface area contributed by atoms with Gasteiger partial charge in [0.15, 0.2) is 0 Å². The summed E-state index contributed by atoms with van der Waals surface area (Å²) in [6, 6.07) is 30.7. The third kappa shape index (κ3) is 3.66. The molecule has 3 heteroatoms. The predicted molar refractivity (Wildman–Crippen MR) is 113 cm³/mol. The Hall–Kier alpha value is -3.43. The van der Waals surface area contributed by atoms with Gasteiger partial charge < -0.3 is 4.74 Å². The normalized spacial score (nSPS) is 11.9. The number of imidazole rings is 1. The Balaban J connectivity index is 1.90. The second-order valence-corrected chi connectivity index (χ2v) is 6.46. The molecule has 0 saturated carbocycles. The van der Waals surface area contributed by atoms with Gasteiger partial charge in [-0.2, -0.15) is 0 Å². The number of aromatic nitrogens is 2. The van der Waals surface area contributed by atoms with Crippen LogP contribution in [0, 0.1) is 0 Å². The first-order valence-electron chi connectivity index (χ1n) is 9.34. The molecule has 1 unspecified atom stereocenters. The molecular weight excluding hydrogens is 344 g/mol. The molecule has 1 heterocycles. The van der Waals surface area contributed by atoms with Gasteiger partial charge in [-0.05, 0) is 17.7 Å². The van der Waals surface area contributed by atoms with Crippen LogP contribution in [0.3, 0.4) is 0 Å². The van der Waals surface area contributed by atoms with Crippen LogP contribution >= 0.6 is 0 Å². The van der Waals surface area contributed by atoms with Crippen LogP contribution < -0.4 is 0 Å². The van der Waals surface area contributed by atoms with Crippen molar-refractivity contribution in [3.05, 3.63) is 121 Å². The summed E-state index contributed by atoms with van der Waals surface area (Å²) in [5, 5.41) is 0. The summed E-state index contributed by atoms with van der Waals surface area (Å²) in [7, 11) is 0. The molecule has 0 aliphatic heterocycles. The summed E-state index contributed by atoms with van der Waals surface area (Å²) < 4.78 is 8.37. The Morgan fingerprint density at radius 3 is 2.11 bits per heavy atom. The SMILES string of the molecule is C=CCOC(c1ccccc1)c1cnc(-c2ccccc2)n1-c1ccccc1. The van der Waals surface area contributed by atoms with Crippen molar-refractivity contribution in [1.82, 2.24) is 9.55 Å². The highest BCUT2D eigenvalue weighted by molar-refractivity contribution is 5.60. The molecule has 4 rings (SSSR count). The average Bonchev–Trinajstić information content (AvgIpc) is 3.21. The van der Waals surface area contributed by atoms with E-state index in [0.717, 1.165) is 28.3 Å². The fourth-order valence-electron chi connectivity index (χ4n) is 3.33. The van der Waals surface area contributed by atoms with Crippen LogP contribution in [-0.2, 0) is 4.74 Å². The summed E-state index contributed by atoms with van der Waals surface area (Å²) in [5.41, 5.74) is 4.18. The molecule has 1 aromatic heterocycles. The number of benzene rings is 3. The van der Waals surface area contributed by atoms with Crippen molar-refractivity contribution in [3.63, 3.8) is 0 Å². The Kier molecular flexibility index (Phi) is 5.46. The maximum Gasteiger partial charge on any atom is 0.144 e. The van der Waals surface area contributed by atoms with E-state index in [0.29, 0.717) is 6.61 Å². The first-order valence-corrected chi connectivity index (χ1v) is 9.34. The number of nitrogens with zero attached hydrogens (tertiary/aromatic N) is 2. The molecule has 0 amide bonds. The second-order valence-electron chi connectivity index (χ2n) is 6.46. The molecule has 0 aliphatic rings. The zero-order valence-corrected chi connectivity index (χ0v) is 15.6. The number of ether oxygens (including phenoxy) is 1. The zero-order valence-electron chi connectivity index (χ0n) is 15.6. The maximum atomic E-state index is 6.20. The number of rotatable bonds is 7. The quantitative estimate of drug-likeness (QED) is 0.385. The van der Waals surface area contributed by atoms with E-state index in [2.05, 4.69) is 47.5 Å². The van der Waals surface area contributed by atoms with Gasteiger partial charge in [0, 0.05) is 11.3 Å². The lowest BCUT2D eigenvalue weighted by Gasteiger charge is -2.21. The lowest BCUT2D eigenvalue weighted by Crippen LogP contribution is -2.12. The molecule has 0 fully saturated rings. The van der Waals surface area contributed by atoms with Gasteiger partial charge in [-0.25, -0.2) is 4.98 Å². The van der Waals surface area contributed by atoms with E-state index < -0.39 is 0 Å². The van der Waals surface area contributed by atoms with Gasteiger partial charge in [-0.15, -0.1) is 6.58 Å². The first kappa shape index (κ1) is 18.0. The number of hydrogen-bond donors (Lipinski definition) is 0. The number of para-hydroxylation sites is 1. The molecule has 0 spiro atoms. The lowest BCUT2D eigenvalue weighted by molar-refractivity contribution is 0.100. The monoisotopic (exact) mass is 366 g/mol. The van der Waals surface area contributed by atoms with Crippen molar-refractivity contribution in [3.8, 4) is 17.1 Å². The molecule has 0 N–H and O–H groups in total. The fourth-order valence-corrected chi connectivity index (χ4v) is 3.33. The Labute approximate surface area is 165 Å². The van der Waals surface area contributed by atoms with Gasteiger partial charge in [0.25, 0.3) is 0 Å². The smallest absolute Gasteiger partial charge is 0.144 e. The number of hydrogen-bond acceptors (Lipinski definition) is 2. The van der Waals surface area contributed by atoms with Gasteiger partial charge in [-0.3, -0.25) is 4.57 Å². The van der Waals surface area contributed by atoms with Crippen LogP contribution in [0.5, 0.6) is 0 Å². The van der Waals surface area contributed by atoms with Crippen molar-refractivity contribution in [2.24, 2.45) is 0 Å². The summed E-state index contributed by atoms with van der Waals surface area (Å²) in [6.45, 7) is 4.26. The van der Waals surface area contributed by atoms with E-state index >= 15 is 0 Å². The molecule has 138 valence electrons. The molecule has 28 heavy (non-hydrogen) atoms. The molecule has 3 nitrogen and oxygen atoms in total. The van der Waals surface area contributed by atoms with E-state index in [1.165, 1.54) is 0 Å². The van der Waals surface area contributed by atoms with Crippen molar-refractivity contribution in [2.75, 3.05) is 6.61 Å². The molecule has 4 aromatic rings. The zero-order chi connectivity index (χ0) is 19.2. The Morgan fingerprint density at radius 1 is 0.857 bits per heavy atom. The summed E-state index contributed by atoms with van der Waals surface area (Å²) >= 11 is 0. The highest BCUT2D eigenvalue weighted by atomic mass is 16.5. The minimum absolute atomic E-state index is 0.246. The molecule has 0 aliphatic carbocycles. The maximum absolute atomic E-state index is 6.20. The summed E-state index contributed by atoms with van der Waals surface area (Å²) in [5.74, 6) is 0.893. The van der Waals surface area contributed by atoms with Crippen LogP contribution in [0.1, 0.15) is 17.4 Å². The minimum Gasteiger partial charge on any atom is -0.363 e. The Morgan fingerprint density at radius 2 is 1.46 bits per heavy atom. The van der Waals surface area contributed by atoms with E-state index in [9.17, 15) is 0 Å². The van der Waals surface area contributed by atoms with Crippen LogP contribution in [0.15, 0.2) is 110 Å². The minimum atomic E-state index is -0.246. The van der Waals surface area contributed by atoms with E-state index in [-0.39, 0.29) is 6.10 Å². The molecule has 0 saturated heterocycles. The van der Waals surface area contributed by atoms with Crippen LogP contribution in [0.25, 0.3) is 17.1 Å². The van der Waals surface area contributed by atoms with Crippen LogP contribution in [-0.4, -0.2) is 16.2 Å². The third-order valence-corrected chi connectivity index (χ3v) is 4.59. The van der Waals surface area contributed by atoms with Crippen LogP contribution in [0.2, 0.25) is 0 Å². The van der Waals surface area contributed by atoms with Gasteiger partial charge in [0.05, 0.1) is 18.5 Å². The van der Waals surface area contributed by atoms with Gasteiger partial charge in [0.2, 0.25) is 0 Å². The topological polar surface area (TPSA) is 27.1 Å². The Bertz CT molecular complexity index is 1020. The second kappa shape index (κ2) is 8.51. The van der Waals surface area contributed by atoms with E-state index in [1.54, 1.807) is 6.08 Å². The lowest BCUT2D eigenvalue weighted by atomic mass is 10.1. The van der Waals surface area contributed by atoms with Crippen molar-refractivity contribution < 1.29 is 4.74 Å². The summed E-state index contributed by atoms with van der Waals surface area (Å²) in [4.78, 5) is 4.77. The van der Waals surface area contributed by atoms with Gasteiger partial charge >= 0.3 is 0 Å².